The molecule has 4 nitrogen and oxygen atoms in total. The number of nitrogens with zero attached hydrogens (tertiary/aromatic N) is 3. The molecule has 110 valence electrons. The standard InChI is InChI=1S/C17H14ClN3O/c1-12-4-2-3-5-14(12)10-21-17(16(11-22)19-20-21)13-6-8-15(18)9-7-13/h2-9,11H,10H2,1H3. The molecule has 0 aliphatic rings. The van der Waals surface area contributed by atoms with E-state index in [9.17, 15) is 4.79 Å². The first-order valence-corrected chi connectivity index (χ1v) is 7.26. The molecule has 0 aliphatic heterocycles. The summed E-state index contributed by atoms with van der Waals surface area (Å²) < 4.78 is 1.75. The highest BCUT2D eigenvalue weighted by Crippen LogP contribution is 2.24. The molecule has 0 N–H and O–H groups in total. The van der Waals surface area contributed by atoms with Gasteiger partial charge in [-0.15, -0.1) is 5.10 Å². The van der Waals surface area contributed by atoms with Crippen molar-refractivity contribution in [2.45, 2.75) is 13.5 Å². The lowest BCUT2D eigenvalue weighted by Crippen LogP contribution is -2.05. The Hall–Kier alpha value is -2.46. The highest BCUT2D eigenvalue weighted by molar-refractivity contribution is 6.30. The Bertz CT molecular complexity index is 809. The molecule has 0 saturated heterocycles. The summed E-state index contributed by atoms with van der Waals surface area (Å²) in [4.78, 5) is 11.3. The zero-order valence-corrected chi connectivity index (χ0v) is 12.8. The molecular weight excluding hydrogens is 298 g/mol. The zero-order chi connectivity index (χ0) is 15.5. The summed E-state index contributed by atoms with van der Waals surface area (Å²) in [5.74, 6) is 0. The number of carbonyl (C=O) groups is 1. The van der Waals surface area contributed by atoms with Crippen LogP contribution in [0.15, 0.2) is 48.5 Å². The highest BCUT2D eigenvalue weighted by Gasteiger charge is 2.15. The van der Waals surface area contributed by atoms with E-state index in [0.29, 0.717) is 23.0 Å². The Labute approximate surface area is 133 Å². The van der Waals surface area contributed by atoms with Gasteiger partial charge in [0.25, 0.3) is 0 Å². The zero-order valence-electron chi connectivity index (χ0n) is 12.0. The number of hydrogen-bond donors (Lipinski definition) is 0. The number of halogens is 1. The van der Waals surface area contributed by atoms with Gasteiger partial charge in [0.15, 0.2) is 12.0 Å². The molecule has 0 spiro atoms. The SMILES string of the molecule is Cc1ccccc1Cn1nnc(C=O)c1-c1ccc(Cl)cc1. The van der Waals surface area contributed by atoms with Gasteiger partial charge in [-0.2, -0.15) is 0 Å². The predicted octanol–water partition coefficient (Wildman–Crippen LogP) is 3.77. The van der Waals surface area contributed by atoms with Gasteiger partial charge in [0, 0.05) is 10.6 Å². The first kappa shape index (κ1) is 14.5. The molecule has 0 radical (unpaired) electrons. The van der Waals surface area contributed by atoms with Crippen molar-refractivity contribution < 1.29 is 4.79 Å². The Morgan fingerprint density at radius 2 is 1.86 bits per heavy atom. The van der Waals surface area contributed by atoms with Gasteiger partial charge in [0.1, 0.15) is 0 Å². The molecule has 0 unspecified atom stereocenters. The van der Waals surface area contributed by atoms with E-state index in [1.165, 1.54) is 5.56 Å². The van der Waals surface area contributed by atoms with Crippen LogP contribution in [0.1, 0.15) is 21.6 Å². The average molecular weight is 312 g/mol. The summed E-state index contributed by atoms with van der Waals surface area (Å²) in [6, 6.07) is 15.4. The van der Waals surface area contributed by atoms with E-state index < -0.39 is 0 Å². The van der Waals surface area contributed by atoms with Crippen molar-refractivity contribution in [3.8, 4) is 11.3 Å². The first-order valence-electron chi connectivity index (χ1n) is 6.88. The molecule has 3 aromatic rings. The predicted molar refractivity (Wildman–Crippen MR) is 86.1 cm³/mol. The number of aldehydes is 1. The number of aromatic nitrogens is 3. The van der Waals surface area contributed by atoms with Gasteiger partial charge in [-0.3, -0.25) is 4.79 Å². The van der Waals surface area contributed by atoms with Gasteiger partial charge >= 0.3 is 0 Å². The van der Waals surface area contributed by atoms with Gasteiger partial charge in [0.2, 0.25) is 0 Å². The lowest BCUT2D eigenvalue weighted by molar-refractivity contribution is 0.111. The molecule has 0 atom stereocenters. The van der Waals surface area contributed by atoms with Gasteiger partial charge in [-0.25, -0.2) is 4.68 Å². The third kappa shape index (κ3) is 2.78. The Kier molecular flexibility index (Phi) is 4.02. The summed E-state index contributed by atoms with van der Waals surface area (Å²) in [6.45, 7) is 2.61. The molecule has 0 saturated carbocycles. The molecule has 1 heterocycles. The molecule has 3 rings (SSSR count). The second-order valence-electron chi connectivity index (χ2n) is 5.03. The largest absolute Gasteiger partial charge is 0.296 e. The third-order valence-corrected chi connectivity index (χ3v) is 3.82. The molecule has 22 heavy (non-hydrogen) atoms. The number of aryl methyl sites for hydroxylation is 1. The molecule has 0 fully saturated rings. The van der Waals surface area contributed by atoms with Crippen LogP contribution in [0.4, 0.5) is 0 Å². The summed E-state index contributed by atoms with van der Waals surface area (Å²) in [5, 5.41) is 8.74. The first-order chi connectivity index (χ1) is 10.7. The Morgan fingerprint density at radius 1 is 1.14 bits per heavy atom. The van der Waals surface area contributed by atoms with Crippen molar-refractivity contribution in [3.63, 3.8) is 0 Å². The molecule has 1 aromatic heterocycles. The quantitative estimate of drug-likeness (QED) is 0.689. The van der Waals surface area contributed by atoms with Crippen molar-refractivity contribution >= 4 is 17.9 Å². The van der Waals surface area contributed by atoms with Crippen LogP contribution in [0.25, 0.3) is 11.3 Å². The molecule has 2 aromatic carbocycles. The van der Waals surface area contributed by atoms with E-state index in [4.69, 9.17) is 11.6 Å². The van der Waals surface area contributed by atoms with Gasteiger partial charge < -0.3 is 0 Å². The molecular formula is C17H14ClN3O. The van der Waals surface area contributed by atoms with Crippen molar-refractivity contribution in [2.75, 3.05) is 0 Å². The summed E-state index contributed by atoms with van der Waals surface area (Å²) in [7, 11) is 0. The van der Waals surface area contributed by atoms with Gasteiger partial charge in [-0.1, -0.05) is 53.2 Å². The van der Waals surface area contributed by atoms with E-state index in [-0.39, 0.29) is 0 Å². The van der Waals surface area contributed by atoms with Crippen LogP contribution in [0.2, 0.25) is 5.02 Å². The fourth-order valence-corrected chi connectivity index (χ4v) is 2.50. The maximum atomic E-state index is 11.3. The monoisotopic (exact) mass is 311 g/mol. The average Bonchev–Trinajstić information content (AvgIpc) is 2.93. The Morgan fingerprint density at radius 3 is 2.55 bits per heavy atom. The van der Waals surface area contributed by atoms with Crippen molar-refractivity contribution in [1.29, 1.82) is 0 Å². The van der Waals surface area contributed by atoms with Crippen LogP contribution >= 0.6 is 11.6 Å². The summed E-state index contributed by atoms with van der Waals surface area (Å²) >= 11 is 5.93. The van der Waals surface area contributed by atoms with Crippen LogP contribution in [-0.2, 0) is 6.54 Å². The van der Waals surface area contributed by atoms with Gasteiger partial charge in [-0.05, 0) is 30.2 Å². The van der Waals surface area contributed by atoms with E-state index in [2.05, 4.69) is 23.3 Å². The topological polar surface area (TPSA) is 47.8 Å². The van der Waals surface area contributed by atoms with E-state index >= 15 is 0 Å². The van der Waals surface area contributed by atoms with E-state index in [0.717, 1.165) is 17.4 Å². The van der Waals surface area contributed by atoms with Crippen LogP contribution in [0.5, 0.6) is 0 Å². The normalized spacial score (nSPS) is 10.6. The van der Waals surface area contributed by atoms with Crippen LogP contribution < -0.4 is 0 Å². The minimum Gasteiger partial charge on any atom is -0.296 e. The maximum Gasteiger partial charge on any atom is 0.172 e. The fourth-order valence-electron chi connectivity index (χ4n) is 2.37. The Balaban J connectivity index is 2.06. The smallest absolute Gasteiger partial charge is 0.172 e. The van der Waals surface area contributed by atoms with E-state index in [1.807, 2.05) is 30.3 Å². The lowest BCUT2D eigenvalue weighted by Gasteiger charge is -2.09. The number of rotatable bonds is 4. The van der Waals surface area contributed by atoms with Crippen LogP contribution in [0.3, 0.4) is 0 Å². The third-order valence-electron chi connectivity index (χ3n) is 3.57. The molecule has 5 heteroatoms. The van der Waals surface area contributed by atoms with Crippen molar-refractivity contribution in [3.05, 3.63) is 70.4 Å². The van der Waals surface area contributed by atoms with Crippen LogP contribution in [-0.4, -0.2) is 21.3 Å². The maximum absolute atomic E-state index is 11.3. The second kappa shape index (κ2) is 6.12. The lowest BCUT2D eigenvalue weighted by atomic mass is 10.1. The van der Waals surface area contributed by atoms with E-state index in [1.54, 1.807) is 16.8 Å². The molecule has 0 bridgehead atoms. The molecule has 0 amide bonds. The number of hydrogen-bond acceptors (Lipinski definition) is 3. The minimum atomic E-state index is 0.330. The highest BCUT2D eigenvalue weighted by atomic mass is 35.5. The number of benzene rings is 2. The van der Waals surface area contributed by atoms with Crippen LogP contribution in [0, 0.1) is 6.92 Å². The fraction of sp³-hybridized carbons (Fsp3) is 0.118. The summed E-state index contributed by atoms with van der Waals surface area (Å²) in [6.07, 6.45) is 0.727. The molecule has 0 aliphatic carbocycles. The van der Waals surface area contributed by atoms with Crippen molar-refractivity contribution in [1.82, 2.24) is 15.0 Å². The van der Waals surface area contributed by atoms with Crippen molar-refractivity contribution in [2.24, 2.45) is 0 Å². The van der Waals surface area contributed by atoms with Gasteiger partial charge in [0.05, 0.1) is 12.2 Å². The summed E-state index contributed by atoms with van der Waals surface area (Å²) in [5.41, 5.74) is 4.21. The minimum absolute atomic E-state index is 0.330. The second-order valence-corrected chi connectivity index (χ2v) is 5.47. The number of carbonyl (C=O) groups excluding carboxylic acids is 1.